The molecule has 0 radical (unpaired) electrons. The first-order valence-electron chi connectivity index (χ1n) is 7.61. The van der Waals surface area contributed by atoms with Gasteiger partial charge in [0.05, 0.1) is 5.69 Å². The van der Waals surface area contributed by atoms with Crippen LogP contribution < -0.4 is 10.9 Å². The van der Waals surface area contributed by atoms with E-state index in [-0.39, 0.29) is 11.4 Å². The van der Waals surface area contributed by atoms with E-state index in [1.54, 1.807) is 12.1 Å². The molecule has 0 aliphatic carbocycles. The van der Waals surface area contributed by atoms with E-state index in [4.69, 9.17) is 5.26 Å². The number of thioether (sulfide) groups is 1. The number of nitrogens with one attached hydrogen (secondary N) is 2. The number of halogens is 1. The molecule has 27 heavy (non-hydrogen) atoms. The Balaban J connectivity index is 1.48. The summed E-state index contributed by atoms with van der Waals surface area (Å²) in [5, 5.41) is 23.4. The second kappa shape index (κ2) is 7.18. The molecule has 0 amide bonds. The van der Waals surface area contributed by atoms with Gasteiger partial charge in [-0.3, -0.25) is 9.89 Å². The van der Waals surface area contributed by atoms with Crippen LogP contribution in [0.1, 0.15) is 11.3 Å². The summed E-state index contributed by atoms with van der Waals surface area (Å²) in [6.45, 7) is 0. The van der Waals surface area contributed by atoms with E-state index in [1.807, 2.05) is 6.07 Å². The molecule has 11 heteroatoms. The van der Waals surface area contributed by atoms with E-state index in [0.29, 0.717) is 37.8 Å². The van der Waals surface area contributed by atoms with Crippen LogP contribution in [0, 0.1) is 17.1 Å². The number of rotatable bonds is 5. The third-order valence-corrected chi connectivity index (χ3v) is 5.50. The van der Waals surface area contributed by atoms with Gasteiger partial charge in [-0.15, -0.1) is 10.2 Å². The van der Waals surface area contributed by atoms with E-state index in [9.17, 15) is 9.18 Å². The van der Waals surface area contributed by atoms with Crippen molar-refractivity contribution in [2.75, 3.05) is 5.32 Å². The van der Waals surface area contributed by atoms with Gasteiger partial charge >= 0.3 is 0 Å². The molecule has 0 spiro atoms. The third-order valence-electron chi connectivity index (χ3n) is 3.50. The predicted octanol–water partition coefficient (Wildman–Crippen LogP) is 2.92. The van der Waals surface area contributed by atoms with Gasteiger partial charge in [0.15, 0.2) is 9.99 Å². The average Bonchev–Trinajstić information content (AvgIpc) is 3.27. The summed E-state index contributed by atoms with van der Waals surface area (Å²) < 4.78 is 15.1. The van der Waals surface area contributed by atoms with Crippen LogP contribution in [0.5, 0.6) is 0 Å². The smallest absolute Gasteiger partial charge is 0.272 e. The lowest BCUT2D eigenvalue weighted by Crippen LogP contribution is -2.15. The van der Waals surface area contributed by atoms with E-state index in [1.165, 1.54) is 52.0 Å². The zero-order valence-electron chi connectivity index (χ0n) is 13.5. The van der Waals surface area contributed by atoms with Crippen molar-refractivity contribution in [2.24, 2.45) is 0 Å². The maximum atomic E-state index is 13.2. The lowest BCUT2D eigenvalue weighted by atomic mass is 10.3. The van der Waals surface area contributed by atoms with Gasteiger partial charge in [-0.1, -0.05) is 29.2 Å². The highest BCUT2D eigenvalue weighted by Gasteiger charge is 2.11. The molecule has 1 aromatic carbocycles. The van der Waals surface area contributed by atoms with Crippen LogP contribution in [0.25, 0.3) is 5.65 Å². The molecular formula is C16H10FN7OS2. The lowest BCUT2D eigenvalue weighted by molar-refractivity contribution is 0.628. The number of H-pyrrole nitrogens is 1. The van der Waals surface area contributed by atoms with Gasteiger partial charge in [0, 0.05) is 23.7 Å². The summed E-state index contributed by atoms with van der Waals surface area (Å²) in [5.41, 5.74) is 1.43. The first kappa shape index (κ1) is 17.2. The van der Waals surface area contributed by atoms with Crippen LogP contribution in [0.4, 0.5) is 15.2 Å². The lowest BCUT2D eigenvalue weighted by Gasteiger charge is -2.00. The molecule has 4 aromatic rings. The molecule has 0 saturated heterocycles. The molecule has 2 N–H and O–H groups in total. The SMILES string of the molecule is N#Cc1c[nH]n2c(=O)cc(CSc3nnc(Nc4cccc(F)c4)s3)nc12. The molecule has 134 valence electrons. The molecule has 4 rings (SSSR count). The average molecular weight is 399 g/mol. The maximum Gasteiger partial charge on any atom is 0.272 e. The van der Waals surface area contributed by atoms with Crippen molar-refractivity contribution in [3.05, 3.63) is 64.0 Å². The topological polar surface area (TPSA) is 112 Å². The van der Waals surface area contributed by atoms with Gasteiger partial charge in [0.2, 0.25) is 5.13 Å². The second-order valence-electron chi connectivity index (χ2n) is 5.34. The van der Waals surface area contributed by atoms with E-state index in [0.717, 1.165) is 0 Å². The van der Waals surface area contributed by atoms with Gasteiger partial charge in [0.25, 0.3) is 5.56 Å². The number of nitriles is 1. The molecule has 0 aliphatic heterocycles. The fourth-order valence-electron chi connectivity index (χ4n) is 2.33. The third kappa shape index (κ3) is 3.67. The van der Waals surface area contributed by atoms with Gasteiger partial charge in [-0.2, -0.15) is 5.26 Å². The van der Waals surface area contributed by atoms with Crippen LogP contribution in [0.2, 0.25) is 0 Å². The Morgan fingerprint density at radius 2 is 2.26 bits per heavy atom. The summed E-state index contributed by atoms with van der Waals surface area (Å²) in [4.78, 5) is 16.4. The van der Waals surface area contributed by atoms with Crippen molar-refractivity contribution < 1.29 is 4.39 Å². The number of anilines is 2. The number of aromatic amines is 1. The van der Waals surface area contributed by atoms with Crippen molar-refractivity contribution >= 4 is 39.6 Å². The van der Waals surface area contributed by atoms with Crippen LogP contribution in [-0.4, -0.2) is 24.8 Å². The standard InChI is InChI=1S/C16H10FN7OS2/c17-10-2-1-3-11(4-10)21-15-22-23-16(27-15)26-8-12-5-13(25)24-14(20-12)9(6-18)7-19-24/h1-5,7,19H,8H2,(H,21,22). The van der Waals surface area contributed by atoms with Crippen molar-refractivity contribution in [1.29, 1.82) is 5.26 Å². The summed E-state index contributed by atoms with van der Waals surface area (Å²) in [7, 11) is 0. The normalized spacial score (nSPS) is 10.8. The number of aromatic nitrogens is 5. The first-order valence-corrected chi connectivity index (χ1v) is 9.41. The molecule has 8 nitrogen and oxygen atoms in total. The predicted molar refractivity (Wildman–Crippen MR) is 99.7 cm³/mol. The molecule has 0 bridgehead atoms. The Labute approximate surface area is 159 Å². The van der Waals surface area contributed by atoms with Gasteiger partial charge < -0.3 is 5.32 Å². The van der Waals surface area contributed by atoms with Crippen molar-refractivity contribution in [3.8, 4) is 6.07 Å². The Hall–Kier alpha value is -3.23. The van der Waals surface area contributed by atoms with E-state index in [2.05, 4.69) is 25.6 Å². The van der Waals surface area contributed by atoms with Crippen LogP contribution in [-0.2, 0) is 5.75 Å². The number of benzene rings is 1. The fraction of sp³-hybridized carbons (Fsp3) is 0.0625. The van der Waals surface area contributed by atoms with Gasteiger partial charge in [-0.25, -0.2) is 13.9 Å². The molecule has 3 aromatic heterocycles. The minimum absolute atomic E-state index is 0.289. The molecule has 0 aliphatic rings. The van der Waals surface area contributed by atoms with E-state index < -0.39 is 0 Å². The fourth-order valence-corrected chi connectivity index (χ4v) is 3.99. The Bertz CT molecular complexity index is 1220. The minimum atomic E-state index is -0.339. The Kier molecular flexibility index (Phi) is 4.57. The van der Waals surface area contributed by atoms with Crippen LogP contribution in [0.3, 0.4) is 0 Å². The number of hydrogen-bond acceptors (Lipinski definition) is 8. The van der Waals surface area contributed by atoms with Gasteiger partial charge in [0.1, 0.15) is 17.4 Å². The molecule has 0 atom stereocenters. The zero-order valence-corrected chi connectivity index (χ0v) is 15.1. The molecule has 3 heterocycles. The summed E-state index contributed by atoms with van der Waals surface area (Å²) >= 11 is 2.68. The number of hydrogen-bond donors (Lipinski definition) is 2. The summed E-state index contributed by atoms with van der Waals surface area (Å²) in [6, 6.07) is 9.46. The molecule has 0 fully saturated rings. The maximum absolute atomic E-state index is 13.2. The van der Waals surface area contributed by atoms with Crippen molar-refractivity contribution in [3.63, 3.8) is 0 Å². The van der Waals surface area contributed by atoms with Crippen molar-refractivity contribution in [2.45, 2.75) is 10.1 Å². The first-order chi connectivity index (χ1) is 13.1. The largest absolute Gasteiger partial charge is 0.330 e. The monoisotopic (exact) mass is 399 g/mol. The van der Waals surface area contributed by atoms with Crippen molar-refractivity contribution in [1.82, 2.24) is 24.8 Å². The number of fused-ring (bicyclic) bond motifs is 1. The minimum Gasteiger partial charge on any atom is -0.330 e. The highest BCUT2D eigenvalue weighted by atomic mass is 32.2. The molecule has 0 saturated carbocycles. The summed E-state index contributed by atoms with van der Waals surface area (Å²) in [5.74, 6) is 0.0597. The Morgan fingerprint density at radius 1 is 1.37 bits per heavy atom. The van der Waals surface area contributed by atoms with E-state index >= 15 is 0 Å². The highest BCUT2D eigenvalue weighted by molar-refractivity contribution is 8.00. The zero-order chi connectivity index (χ0) is 18.8. The van der Waals surface area contributed by atoms with Crippen LogP contribution in [0.15, 0.2) is 45.7 Å². The highest BCUT2D eigenvalue weighted by Crippen LogP contribution is 2.29. The second-order valence-corrected chi connectivity index (χ2v) is 7.54. The molecule has 0 unspecified atom stereocenters. The Morgan fingerprint density at radius 3 is 3.07 bits per heavy atom. The molecular weight excluding hydrogens is 389 g/mol. The summed E-state index contributed by atoms with van der Waals surface area (Å²) in [6.07, 6.45) is 1.44. The van der Waals surface area contributed by atoms with Crippen LogP contribution >= 0.6 is 23.1 Å². The van der Waals surface area contributed by atoms with Gasteiger partial charge in [-0.05, 0) is 18.2 Å². The number of nitrogens with zero attached hydrogens (tertiary/aromatic N) is 5. The quantitative estimate of drug-likeness (QED) is 0.496.